The summed E-state index contributed by atoms with van der Waals surface area (Å²) >= 11 is 0. The van der Waals surface area contributed by atoms with Gasteiger partial charge in [-0.3, -0.25) is 9.59 Å². The summed E-state index contributed by atoms with van der Waals surface area (Å²) in [5, 5.41) is 21.0. The number of carbonyl (C=O) groups is 3. The Balaban J connectivity index is 2.00. The second-order valence-corrected chi connectivity index (χ2v) is 5.21. The average Bonchev–Trinajstić information content (AvgIpc) is 2.61. The number of hydrogen-bond donors (Lipinski definition) is 3. The molecule has 25 heavy (non-hydrogen) atoms. The minimum Gasteiger partial charge on any atom is -0.506 e. The summed E-state index contributed by atoms with van der Waals surface area (Å²) in [4.78, 5) is 35.1. The first kappa shape index (κ1) is 18.0. The molecule has 3 N–H and O–H groups in total. The second-order valence-electron chi connectivity index (χ2n) is 5.21. The maximum Gasteiger partial charge on any atom is 0.335 e. The normalized spacial score (nSPS) is 10.1. The molecule has 0 unspecified atom stereocenters. The van der Waals surface area contributed by atoms with Crippen molar-refractivity contribution in [3.8, 4) is 11.5 Å². The number of aromatic carboxylic acids is 1. The summed E-state index contributed by atoms with van der Waals surface area (Å²) in [6, 6.07) is 10.3. The van der Waals surface area contributed by atoms with E-state index in [0.717, 1.165) is 6.07 Å². The van der Waals surface area contributed by atoms with E-state index in [1.54, 1.807) is 24.3 Å². The molecule has 7 nitrogen and oxygen atoms in total. The smallest absolute Gasteiger partial charge is 0.335 e. The number of aromatic hydroxyl groups is 1. The zero-order valence-electron chi connectivity index (χ0n) is 13.5. The molecule has 0 aliphatic rings. The summed E-state index contributed by atoms with van der Waals surface area (Å²) in [6.45, 7) is 0. The summed E-state index contributed by atoms with van der Waals surface area (Å²) in [6.07, 6.45) is -0.167. The largest absolute Gasteiger partial charge is 0.506 e. The fourth-order valence-corrected chi connectivity index (χ4v) is 2.22. The fraction of sp³-hybridized carbons (Fsp3) is 0.167. The zero-order valence-corrected chi connectivity index (χ0v) is 13.5. The number of rotatable bonds is 7. The van der Waals surface area contributed by atoms with E-state index < -0.39 is 11.9 Å². The van der Waals surface area contributed by atoms with Crippen LogP contribution in [-0.4, -0.2) is 35.0 Å². The molecule has 0 bridgehead atoms. The minimum atomic E-state index is -1.18. The molecule has 0 spiro atoms. The van der Waals surface area contributed by atoms with Gasteiger partial charge in [0.25, 0.3) is 0 Å². The van der Waals surface area contributed by atoms with E-state index in [1.165, 1.54) is 19.2 Å². The number of phenols is 1. The number of para-hydroxylation sites is 1. The second kappa shape index (κ2) is 7.96. The molecule has 2 aromatic carbocycles. The van der Waals surface area contributed by atoms with Crippen molar-refractivity contribution in [1.29, 1.82) is 0 Å². The molecule has 0 fully saturated rings. The van der Waals surface area contributed by atoms with E-state index in [4.69, 9.17) is 9.84 Å². The van der Waals surface area contributed by atoms with E-state index in [-0.39, 0.29) is 35.6 Å². The summed E-state index contributed by atoms with van der Waals surface area (Å²) in [5.41, 5.74) is 0.293. The molecular weight excluding hydrogens is 326 g/mol. The van der Waals surface area contributed by atoms with Crippen molar-refractivity contribution in [3.63, 3.8) is 0 Å². The van der Waals surface area contributed by atoms with Gasteiger partial charge in [0.15, 0.2) is 5.78 Å². The average molecular weight is 343 g/mol. The molecule has 0 heterocycles. The Hall–Kier alpha value is -3.35. The van der Waals surface area contributed by atoms with Crippen molar-refractivity contribution < 1.29 is 29.3 Å². The predicted molar refractivity (Wildman–Crippen MR) is 90.3 cm³/mol. The van der Waals surface area contributed by atoms with Crippen LogP contribution in [0.2, 0.25) is 0 Å². The van der Waals surface area contributed by atoms with Crippen molar-refractivity contribution in [3.05, 3.63) is 53.6 Å². The summed E-state index contributed by atoms with van der Waals surface area (Å²) < 4.78 is 5.11. The van der Waals surface area contributed by atoms with Gasteiger partial charge in [-0.05, 0) is 30.3 Å². The topological polar surface area (TPSA) is 113 Å². The third-order valence-electron chi connectivity index (χ3n) is 3.50. The number of Topliss-reactive ketones (excluding diaryl/α,β-unsaturated/α-hetero) is 1. The van der Waals surface area contributed by atoms with E-state index in [9.17, 15) is 19.5 Å². The highest BCUT2D eigenvalue weighted by molar-refractivity contribution is 6.02. The molecule has 0 aromatic heterocycles. The zero-order chi connectivity index (χ0) is 18.4. The number of carboxylic acids is 1. The third kappa shape index (κ3) is 4.57. The van der Waals surface area contributed by atoms with Crippen LogP contribution >= 0.6 is 0 Å². The molecule has 2 aromatic rings. The van der Waals surface area contributed by atoms with E-state index >= 15 is 0 Å². The van der Waals surface area contributed by atoms with Gasteiger partial charge in [0.2, 0.25) is 5.91 Å². The molecule has 0 saturated heterocycles. The van der Waals surface area contributed by atoms with Crippen LogP contribution in [0, 0.1) is 0 Å². The number of phenolic OH excluding ortho intramolecular Hbond substituents is 1. The number of anilines is 1. The highest BCUT2D eigenvalue weighted by atomic mass is 16.5. The highest BCUT2D eigenvalue weighted by Crippen LogP contribution is 2.25. The van der Waals surface area contributed by atoms with E-state index in [1.807, 2.05) is 0 Å². The molecule has 0 saturated carbocycles. The van der Waals surface area contributed by atoms with Gasteiger partial charge in [0.1, 0.15) is 11.5 Å². The van der Waals surface area contributed by atoms with Crippen LogP contribution in [0.5, 0.6) is 11.5 Å². The summed E-state index contributed by atoms with van der Waals surface area (Å²) in [5.74, 6) is -1.77. The third-order valence-corrected chi connectivity index (χ3v) is 3.50. The van der Waals surface area contributed by atoms with Crippen LogP contribution in [0.1, 0.15) is 33.6 Å². The monoisotopic (exact) mass is 343 g/mol. The van der Waals surface area contributed by atoms with Crippen LogP contribution < -0.4 is 10.1 Å². The molecule has 2 rings (SSSR count). The number of carbonyl (C=O) groups excluding carboxylic acids is 2. The maximum absolute atomic E-state index is 12.2. The Morgan fingerprint density at radius 2 is 1.80 bits per heavy atom. The van der Waals surface area contributed by atoms with Crippen molar-refractivity contribution in [2.45, 2.75) is 12.8 Å². The van der Waals surface area contributed by atoms with E-state index in [0.29, 0.717) is 11.3 Å². The van der Waals surface area contributed by atoms with Crippen LogP contribution in [0.15, 0.2) is 42.5 Å². The number of hydrogen-bond acceptors (Lipinski definition) is 5. The van der Waals surface area contributed by atoms with Gasteiger partial charge >= 0.3 is 5.97 Å². The first-order valence-corrected chi connectivity index (χ1v) is 7.44. The molecule has 130 valence electrons. The lowest BCUT2D eigenvalue weighted by Gasteiger charge is -2.09. The molecule has 0 aliphatic heterocycles. The fourth-order valence-electron chi connectivity index (χ4n) is 2.22. The van der Waals surface area contributed by atoms with Gasteiger partial charge in [0, 0.05) is 12.8 Å². The highest BCUT2D eigenvalue weighted by Gasteiger charge is 2.15. The van der Waals surface area contributed by atoms with Crippen LogP contribution in [0.25, 0.3) is 0 Å². The number of amides is 1. The van der Waals surface area contributed by atoms with Gasteiger partial charge in [-0.1, -0.05) is 12.1 Å². The van der Waals surface area contributed by atoms with Crippen LogP contribution in [-0.2, 0) is 4.79 Å². The molecule has 0 aliphatic carbocycles. The number of carboxylic acid groups (broad SMARTS) is 1. The van der Waals surface area contributed by atoms with Gasteiger partial charge in [0.05, 0.1) is 23.9 Å². The van der Waals surface area contributed by atoms with Gasteiger partial charge in [-0.15, -0.1) is 0 Å². The Kier molecular flexibility index (Phi) is 5.73. The quantitative estimate of drug-likeness (QED) is 0.526. The molecule has 7 heteroatoms. The van der Waals surface area contributed by atoms with Crippen molar-refractivity contribution in [2.75, 3.05) is 12.4 Å². The van der Waals surface area contributed by atoms with Crippen LogP contribution in [0.4, 0.5) is 5.69 Å². The van der Waals surface area contributed by atoms with Crippen molar-refractivity contribution in [1.82, 2.24) is 0 Å². The van der Waals surface area contributed by atoms with Gasteiger partial charge < -0.3 is 20.3 Å². The Labute approximate surface area is 143 Å². The van der Waals surface area contributed by atoms with Gasteiger partial charge in [-0.2, -0.15) is 0 Å². The van der Waals surface area contributed by atoms with E-state index in [2.05, 4.69) is 5.32 Å². The Morgan fingerprint density at radius 1 is 1.08 bits per heavy atom. The lowest BCUT2D eigenvalue weighted by molar-refractivity contribution is -0.116. The first-order chi connectivity index (χ1) is 11.9. The van der Waals surface area contributed by atoms with Crippen molar-refractivity contribution >= 4 is 23.3 Å². The minimum absolute atomic E-state index is 0.0189. The number of ketones is 1. The molecule has 0 atom stereocenters. The van der Waals surface area contributed by atoms with Crippen LogP contribution in [0.3, 0.4) is 0 Å². The predicted octanol–water partition coefficient (Wildman–Crippen LogP) is 2.70. The summed E-state index contributed by atoms with van der Waals surface area (Å²) in [7, 11) is 1.46. The number of benzene rings is 2. The molecule has 0 radical (unpaired) electrons. The molecule has 1 amide bonds. The Bertz CT molecular complexity index is 815. The number of methoxy groups -OCH3 is 1. The lowest BCUT2D eigenvalue weighted by atomic mass is 10.1. The number of ether oxygens (including phenoxy) is 1. The SMILES string of the molecule is COc1ccccc1C(=O)CCC(=O)Nc1cc(C(=O)O)ccc1O. The standard InChI is InChI=1S/C18H17NO6/c1-25-16-5-3-2-4-12(16)14(20)8-9-17(22)19-13-10-11(18(23)24)6-7-15(13)21/h2-7,10,21H,8-9H2,1H3,(H,19,22)(H,23,24). The van der Waals surface area contributed by atoms with Gasteiger partial charge in [-0.25, -0.2) is 4.79 Å². The number of nitrogens with one attached hydrogen (secondary N) is 1. The maximum atomic E-state index is 12.2. The lowest BCUT2D eigenvalue weighted by Crippen LogP contribution is -2.14. The van der Waals surface area contributed by atoms with Crippen molar-refractivity contribution in [2.24, 2.45) is 0 Å². The Morgan fingerprint density at radius 3 is 2.48 bits per heavy atom. The first-order valence-electron chi connectivity index (χ1n) is 7.44. The molecular formula is C18H17NO6.